The summed E-state index contributed by atoms with van der Waals surface area (Å²) < 4.78 is 5.74. The lowest BCUT2D eigenvalue weighted by molar-refractivity contribution is 0.0951. The molecular weight excluding hydrogens is 404 g/mol. The molecule has 5 heteroatoms. The molecule has 3 rings (SSSR count). The van der Waals surface area contributed by atoms with Crippen LogP contribution in [0.3, 0.4) is 0 Å². The Labute approximate surface area is 189 Å². The third kappa shape index (κ3) is 7.46. The fraction of sp³-hybridized carbons (Fsp3) is 0.269. The van der Waals surface area contributed by atoms with Crippen molar-refractivity contribution in [2.24, 2.45) is 0 Å². The van der Waals surface area contributed by atoms with Gasteiger partial charge in [0.2, 0.25) is 0 Å². The van der Waals surface area contributed by atoms with Crippen molar-refractivity contribution in [2.45, 2.75) is 5.75 Å². The van der Waals surface area contributed by atoms with Crippen molar-refractivity contribution in [1.82, 2.24) is 10.2 Å². The number of nitrogens with zero attached hydrogens (tertiary/aromatic N) is 1. The maximum absolute atomic E-state index is 12.6. The number of thioether (sulfide) groups is 1. The molecule has 3 aromatic rings. The topological polar surface area (TPSA) is 41.6 Å². The monoisotopic (exact) mass is 434 g/mol. The second kappa shape index (κ2) is 12.2. The summed E-state index contributed by atoms with van der Waals surface area (Å²) in [5.41, 5.74) is 3.99. The Morgan fingerprint density at radius 3 is 2.39 bits per heavy atom. The SMILES string of the molecule is CN(C)CCNC(=O)c1ccccc1-c1ccc(CSCCOc2ccccc2)cc1. The highest BCUT2D eigenvalue weighted by Crippen LogP contribution is 2.25. The van der Waals surface area contributed by atoms with Crippen molar-refractivity contribution in [3.63, 3.8) is 0 Å². The van der Waals surface area contributed by atoms with Gasteiger partial charge in [0.15, 0.2) is 0 Å². The highest BCUT2D eigenvalue weighted by molar-refractivity contribution is 7.98. The highest BCUT2D eigenvalue weighted by atomic mass is 32.2. The minimum atomic E-state index is -0.0319. The van der Waals surface area contributed by atoms with Crippen LogP contribution in [0.5, 0.6) is 5.75 Å². The van der Waals surface area contributed by atoms with Gasteiger partial charge in [-0.3, -0.25) is 4.79 Å². The Morgan fingerprint density at radius 1 is 0.935 bits per heavy atom. The maximum Gasteiger partial charge on any atom is 0.251 e. The van der Waals surface area contributed by atoms with Crippen LogP contribution in [0, 0.1) is 0 Å². The van der Waals surface area contributed by atoms with Crippen molar-refractivity contribution < 1.29 is 9.53 Å². The van der Waals surface area contributed by atoms with Gasteiger partial charge >= 0.3 is 0 Å². The summed E-state index contributed by atoms with van der Waals surface area (Å²) in [6, 6.07) is 26.2. The first-order valence-corrected chi connectivity index (χ1v) is 11.7. The first-order chi connectivity index (χ1) is 15.1. The number of benzene rings is 3. The smallest absolute Gasteiger partial charge is 0.251 e. The van der Waals surface area contributed by atoms with Gasteiger partial charge in [-0.2, -0.15) is 11.8 Å². The zero-order chi connectivity index (χ0) is 21.9. The zero-order valence-electron chi connectivity index (χ0n) is 18.2. The van der Waals surface area contributed by atoms with E-state index in [0.717, 1.165) is 34.9 Å². The summed E-state index contributed by atoms with van der Waals surface area (Å²) in [4.78, 5) is 14.7. The fourth-order valence-electron chi connectivity index (χ4n) is 3.13. The van der Waals surface area contributed by atoms with Gasteiger partial charge in [-0.05, 0) is 49.0 Å². The van der Waals surface area contributed by atoms with Crippen LogP contribution in [0.4, 0.5) is 0 Å². The number of likely N-dealkylation sites (N-methyl/N-ethyl adjacent to an activating group) is 1. The van der Waals surface area contributed by atoms with Crippen LogP contribution in [0.1, 0.15) is 15.9 Å². The molecule has 0 spiro atoms. The number of nitrogens with one attached hydrogen (secondary N) is 1. The molecule has 0 atom stereocenters. The van der Waals surface area contributed by atoms with Crippen LogP contribution < -0.4 is 10.1 Å². The first-order valence-electron chi connectivity index (χ1n) is 10.5. The number of hydrogen-bond donors (Lipinski definition) is 1. The largest absolute Gasteiger partial charge is 0.493 e. The molecule has 4 nitrogen and oxygen atoms in total. The molecule has 0 radical (unpaired) electrons. The van der Waals surface area contributed by atoms with E-state index in [9.17, 15) is 4.79 Å². The molecular formula is C26H30N2O2S. The van der Waals surface area contributed by atoms with Gasteiger partial charge < -0.3 is 15.0 Å². The quantitative estimate of drug-likeness (QED) is 0.433. The van der Waals surface area contributed by atoms with Crippen molar-refractivity contribution in [3.8, 4) is 16.9 Å². The van der Waals surface area contributed by atoms with E-state index >= 15 is 0 Å². The summed E-state index contributed by atoms with van der Waals surface area (Å²) in [7, 11) is 3.99. The predicted molar refractivity (Wildman–Crippen MR) is 131 cm³/mol. The van der Waals surface area contributed by atoms with Crippen LogP contribution in [-0.2, 0) is 5.75 Å². The van der Waals surface area contributed by atoms with Gasteiger partial charge in [0.05, 0.1) is 6.61 Å². The van der Waals surface area contributed by atoms with Crippen molar-refractivity contribution in [3.05, 3.63) is 90.0 Å². The number of carbonyl (C=O) groups is 1. The van der Waals surface area contributed by atoms with Crippen LogP contribution >= 0.6 is 11.8 Å². The standard InChI is InChI=1S/C26H30N2O2S/c1-28(2)17-16-27-26(29)25-11-7-6-10-24(25)22-14-12-21(13-15-22)20-31-19-18-30-23-8-4-3-5-9-23/h3-15H,16-20H2,1-2H3,(H,27,29). The van der Waals surface area contributed by atoms with Gasteiger partial charge in [0.25, 0.3) is 5.91 Å². The van der Waals surface area contributed by atoms with E-state index < -0.39 is 0 Å². The fourth-order valence-corrected chi connectivity index (χ4v) is 3.90. The van der Waals surface area contributed by atoms with Gasteiger partial charge in [-0.25, -0.2) is 0 Å². The van der Waals surface area contributed by atoms with Gasteiger partial charge in [-0.15, -0.1) is 0 Å². The third-order valence-corrected chi connectivity index (χ3v) is 5.78. The molecule has 1 amide bonds. The molecule has 0 unspecified atom stereocenters. The van der Waals surface area contributed by atoms with E-state index in [0.29, 0.717) is 18.7 Å². The lowest BCUT2D eigenvalue weighted by Gasteiger charge is -2.13. The molecule has 0 saturated heterocycles. The van der Waals surface area contributed by atoms with Gasteiger partial charge in [0, 0.05) is 30.2 Å². The molecule has 0 bridgehead atoms. The van der Waals surface area contributed by atoms with E-state index in [4.69, 9.17) is 4.74 Å². The summed E-state index contributed by atoms with van der Waals surface area (Å²) in [6.45, 7) is 2.14. The van der Waals surface area contributed by atoms with Crippen molar-refractivity contribution >= 4 is 17.7 Å². The molecule has 0 heterocycles. The van der Waals surface area contributed by atoms with E-state index in [1.807, 2.05) is 80.5 Å². The average Bonchev–Trinajstić information content (AvgIpc) is 2.80. The molecule has 0 saturated carbocycles. The van der Waals surface area contributed by atoms with E-state index in [2.05, 4.69) is 34.5 Å². The van der Waals surface area contributed by atoms with E-state index in [1.54, 1.807) is 0 Å². The van der Waals surface area contributed by atoms with Crippen LogP contribution in [0.15, 0.2) is 78.9 Å². The van der Waals surface area contributed by atoms with Crippen LogP contribution in [0.2, 0.25) is 0 Å². The summed E-state index contributed by atoms with van der Waals surface area (Å²) in [5.74, 6) is 2.75. The van der Waals surface area contributed by atoms with E-state index in [1.165, 1.54) is 5.56 Å². The predicted octanol–water partition coefficient (Wildman–Crippen LogP) is 4.96. The molecule has 0 aromatic heterocycles. The molecule has 0 aliphatic rings. The maximum atomic E-state index is 12.6. The second-order valence-corrected chi connectivity index (χ2v) is 8.62. The average molecular weight is 435 g/mol. The Balaban J connectivity index is 1.52. The number of rotatable bonds is 11. The Morgan fingerprint density at radius 2 is 1.65 bits per heavy atom. The van der Waals surface area contributed by atoms with Crippen LogP contribution in [0.25, 0.3) is 11.1 Å². The van der Waals surface area contributed by atoms with Crippen LogP contribution in [-0.4, -0.2) is 50.4 Å². The Bertz CT molecular complexity index is 943. The summed E-state index contributed by atoms with van der Waals surface area (Å²) in [5, 5.41) is 3.01. The number of ether oxygens (including phenoxy) is 1. The summed E-state index contributed by atoms with van der Waals surface area (Å²) in [6.07, 6.45) is 0. The molecule has 0 fully saturated rings. The lowest BCUT2D eigenvalue weighted by Crippen LogP contribution is -2.31. The molecule has 31 heavy (non-hydrogen) atoms. The number of amides is 1. The van der Waals surface area contributed by atoms with Crippen molar-refractivity contribution in [1.29, 1.82) is 0 Å². The number of carbonyl (C=O) groups excluding carboxylic acids is 1. The Hall–Kier alpha value is -2.76. The Kier molecular flexibility index (Phi) is 9.00. The lowest BCUT2D eigenvalue weighted by atomic mass is 9.98. The van der Waals surface area contributed by atoms with Crippen molar-refractivity contribution in [2.75, 3.05) is 39.5 Å². The molecule has 0 aliphatic heterocycles. The minimum absolute atomic E-state index is 0.0319. The molecule has 0 aliphatic carbocycles. The highest BCUT2D eigenvalue weighted by Gasteiger charge is 2.12. The molecule has 1 N–H and O–H groups in total. The normalized spacial score (nSPS) is 10.8. The zero-order valence-corrected chi connectivity index (χ0v) is 19.0. The molecule has 3 aromatic carbocycles. The van der Waals surface area contributed by atoms with Gasteiger partial charge in [-0.1, -0.05) is 60.7 Å². The minimum Gasteiger partial charge on any atom is -0.493 e. The van der Waals surface area contributed by atoms with Gasteiger partial charge in [0.1, 0.15) is 5.75 Å². The second-order valence-electron chi connectivity index (χ2n) is 7.52. The van der Waals surface area contributed by atoms with E-state index in [-0.39, 0.29) is 5.91 Å². The number of hydrogen-bond acceptors (Lipinski definition) is 4. The number of para-hydroxylation sites is 1. The molecule has 162 valence electrons. The third-order valence-electron chi connectivity index (χ3n) is 4.79. The first kappa shape index (κ1) is 22.9. The summed E-state index contributed by atoms with van der Waals surface area (Å²) >= 11 is 1.85.